The molecule has 130 valence electrons. The molecule has 1 aromatic heterocycles. The Bertz CT molecular complexity index is 715. The van der Waals surface area contributed by atoms with Crippen molar-refractivity contribution in [1.82, 2.24) is 9.78 Å². The normalized spacial score (nSPS) is 28.7. The zero-order valence-corrected chi connectivity index (χ0v) is 15.1. The first-order chi connectivity index (χ1) is 11.6. The van der Waals surface area contributed by atoms with Crippen molar-refractivity contribution in [1.29, 1.82) is 0 Å². The molecule has 1 N–H and O–H groups in total. The molecule has 3 nitrogen and oxygen atoms in total. The lowest BCUT2D eigenvalue weighted by Crippen LogP contribution is -2.29. The first kappa shape index (κ1) is 16.1. The van der Waals surface area contributed by atoms with Gasteiger partial charge in [0.05, 0.1) is 22.9 Å². The van der Waals surface area contributed by atoms with E-state index in [2.05, 4.69) is 29.8 Å². The summed E-state index contributed by atoms with van der Waals surface area (Å²) in [7, 11) is 0. The Morgan fingerprint density at radius 2 is 1.88 bits per heavy atom. The maximum Gasteiger partial charge on any atom is 0.0700 e. The maximum atomic E-state index is 10.2. The van der Waals surface area contributed by atoms with E-state index in [0.29, 0.717) is 12.0 Å². The highest BCUT2D eigenvalue weighted by Gasteiger charge is 2.30. The van der Waals surface area contributed by atoms with Gasteiger partial charge in [-0.2, -0.15) is 5.10 Å². The third-order valence-electron chi connectivity index (χ3n) is 6.35. The van der Waals surface area contributed by atoms with Crippen molar-refractivity contribution in [2.45, 2.75) is 89.2 Å². The highest BCUT2D eigenvalue weighted by Crippen LogP contribution is 2.39. The average Bonchev–Trinajstić information content (AvgIpc) is 3.21. The number of aliphatic hydroxyl groups is 1. The van der Waals surface area contributed by atoms with E-state index in [4.69, 9.17) is 5.10 Å². The van der Waals surface area contributed by atoms with Crippen LogP contribution in [0.5, 0.6) is 0 Å². The van der Waals surface area contributed by atoms with Crippen molar-refractivity contribution in [3.63, 3.8) is 0 Å². The molecule has 0 saturated heterocycles. The van der Waals surface area contributed by atoms with Crippen LogP contribution in [-0.4, -0.2) is 20.5 Å². The summed E-state index contributed by atoms with van der Waals surface area (Å²) in [6, 6.07) is 7.61. The van der Waals surface area contributed by atoms with E-state index in [0.717, 1.165) is 32.1 Å². The van der Waals surface area contributed by atoms with E-state index in [1.165, 1.54) is 47.8 Å². The predicted octanol–water partition coefficient (Wildman–Crippen LogP) is 5.12. The molecule has 0 amide bonds. The Morgan fingerprint density at radius 3 is 2.54 bits per heavy atom. The van der Waals surface area contributed by atoms with Gasteiger partial charge in [-0.25, -0.2) is 0 Å². The lowest BCUT2D eigenvalue weighted by molar-refractivity contribution is 0.0172. The summed E-state index contributed by atoms with van der Waals surface area (Å²) in [5.74, 6) is 0.589. The summed E-state index contributed by atoms with van der Waals surface area (Å²) in [6.07, 6.45) is 10.2. The molecule has 0 radical (unpaired) electrons. The third-order valence-corrected chi connectivity index (χ3v) is 6.35. The van der Waals surface area contributed by atoms with E-state index in [1.807, 2.05) is 6.92 Å². The van der Waals surface area contributed by atoms with Crippen LogP contribution in [0.25, 0.3) is 10.9 Å². The maximum absolute atomic E-state index is 10.2. The lowest BCUT2D eigenvalue weighted by atomic mass is 9.77. The highest BCUT2D eigenvalue weighted by atomic mass is 16.3. The van der Waals surface area contributed by atoms with Gasteiger partial charge in [0.25, 0.3) is 0 Å². The van der Waals surface area contributed by atoms with Gasteiger partial charge in [-0.1, -0.05) is 31.9 Å². The van der Waals surface area contributed by atoms with Gasteiger partial charge in [-0.05, 0) is 69.4 Å². The molecule has 2 aliphatic carbocycles. The molecule has 2 saturated carbocycles. The van der Waals surface area contributed by atoms with Crippen LogP contribution >= 0.6 is 0 Å². The van der Waals surface area contributed by atoms with E-state index < -0.39 is 5.60 Å². The molecule has 0 spiro atoms. The number of rotatable bonds is 3. The Morgan fingerprint density at radius 1 is 1.17 bits per heavy atom. The number of fused-ring (bicyclic) bond motifs is 1. The third kappa shape index (κ3) is 2.88. The summed E-state index contributed by atoms with van der Waals surface area (Å²) in [4.78, 5) is 0. The molecule has 1 heterocycles. The van der Waals surface area contributed by atoms with Crippen LogP contribution in [0.4, 0.5) is 0 Å². The molecular formula is C21H30N2O. The van der Waals surface area contributed by atoms with Crippen molar-refractivity contribution in [2.75, 3.05) is 0 Å². The van der Waals surface area contributed by atoms with E-state index in [1.54, 1.807) is 0 Å². The highest BCUT2D eigenvalue weighted by molar-refractivity contribution is 5.83. The smallest absolute Gasteiger partial charge is 0.0700 e. The van der Waals surface area contributed by atoms with Crippen LogP contribution in [0.3, 0.4) is 0 Å². The minimum atomic E-state index is -0.457. The Hall–Kier alpha value is -1.35. The van der Waals surface area contributed by atoms with Gasteiger partial charge in [0, 0.05) is 5.39 Å². The fourth-order valence-electron chi connectivity index (χ4n) is 4.74. The van der Waals surface area contributed by atoms with Crippen LogP contribution in [0, 0.1) is 0 Å². The molecule has 2 aliphatic rings. The summed E-state index contributed by atoms with van der Waals surface area (Å²) < 4.78 is 2.34. The number of aryl methyl sites for hydroxylation is 1. The molecule has 2 aromatic rings. The zero-order chi connectivity index (χ0) is 16.7. The second-order valence-corrected chi connectivity index (χ2v) is 8.23. The minimum Gasteiger partial charge on any atom is -0.390 e. The fraction of sp³-hybridized carbons (Fsp3) is 0.667. The molecule has 4 rings (SSSR count). The van der Waals surface area contributed by atoms with Crippen LogP contribution in [-0.2, 0) is 6.42 Å². The molecule has 0 unspecified atom stereocenters. The quantitative estimate of drug-likeness (QED) is 0.850. The van der Waals surface area contributed by atoms with Gasteiger partial charge in [0.1, 0.15) is 0 Å². The van der Waals surface area contributed by atoms with Gasteiger partial charge in [-0.3, -0.25) is 4.68 Å². The topological polar surface area (TPSA) is 38.0 Å². The average molecular weight is 326 g/mol. The minimum absolute atomic E-state index is 0.457. The van der Waals surface area contributed by atoms with Crippen LogP contribution in [0.15, 0.2) is 18.2 Å². The molecule has 2 fully saturated rings. The number of nitrogens with zero attached hydrogens (tertiary/aromatic N) is 2. The van der Waals surface area contributed by atoms with Gasteiger partial charge < -0.3 is 5.11 Å². The summed E-state index contributed by atoms with van der Waals surface area (Å²) in [6.45, 7) is 4.19. The Labute approximate surface area is 145 Å². The van der Waals surface area contributed by atoms with Crippen LogP contribution in [0.1, 0.15) is 88.4 Å². The molecular weight excluding hydrogens is 296 g/mol. The Kier molecular flexibility index (Phi) is 4.16. The van der Waals surface area contributed by atoms with Crippen LogP contribution in [0.2, 0.25) is 0 Å². The van der Waals surface area contributed by atoms with Gasteiger partial charge in [-0.15, -0.1) is 0 Å². The molecule has 24 heavy (non-hydrogen) atoms. The number of benzene rings is 1. The largest absolute Gasteiger partial charge is 0.390 e. The predicted molar refractivity (Wildman–Crippen MR) is 98.4 cm³/mol. The molecule has 3 heteroatoms. The van der Waals surface area contributed by atoms with Crippen molar-refractivity contribution in [2.24, 2.45) is 0 Å². The summed E-state index contributed by atoms with van der Waals surface area (Å²) >= 11 is 0. The number of hydrogen-bond acceptors (Lipinski definition) is 2. The Balaban J connectivity index is 1.70. The standard InChI is InChI=1S/C21H30N2O/c1-3-19-18-9-8-16(15-10-12-21(2,24)13-11-15)14-20(18)23(22-19)17-6-4-5-7-17/h8-9,14-15,17,24H,3-7,10-13H2,1-2H3. The first-order valence-corrected chi connectivity index (χ1v) is 9.81. The second-order valence-electron chi connectivity index (χ2n) is 8.23. The van der Waals surface area contributed by atoms with Crippen LogP contribution < -0.4 is 0 Å². The van der Waals surface area contributed by atoms with E-state index >= 15 is 0 Å². The van der Waals surface area contributed by atoms with Gasteiger partial charge in [0.2, 0.25) is 0 Å². The molecule has 1 aromatic carbocycles. The van der Waals surface area contributed by atoms with Crippen molar-refractivity contribution in [3.8, 4) is 0 Å². The summed E-state index contributed by atoms with van der Waals surface area (Å²) in [5.41, 5.74) is 3.57. The molecule has 0 bridgehead atoms. The molecule has 0 atom stereocenters. The SMILES string of the molecule is CCc1nn(C2CCCC2)c2cc(C3CCC(C)(O)CC3)ccc12. The van der Waals surface area contributed by atoms with Crippen molar-refractivity contribution in [3.05, 3.63) is 29.5 Å². The summed E-state index contributed by atoms with van der Waals surface area (Å²) in [5, 5.41) is 16.5. The zero-order valence-electron chi connectivity index (χ0n) is 15.1. The first-order valence-electron chi connectivity index (χ1n) is 9.81. The second kappa shape index (κ2) is 6.18. The number of hydrogen-bond donors (Lipinski definition) is 1. The van der Waals surface area contributed by atoms with E-state index in [9.17, 15) is 5.11 Å². The van der Waals surface area contributed by atoms with Crippen molar-refractivity contribution >= 4 is 10.9 Å². The lowest BCUT2D eigenvalue weighted by Gasteiger charge is -2.33. The van der Waals surface area contributed by atoms with Gasteiger partial charge >= 0.3 is 0 Å². The van der Waals surface area contributed by atoms with E-state index in [-0.39, 0.29) is 0 Å². The monoisotopic (exact) mass is 326 g/mol. The number of aromatic nitrogens is 2. The van der Waals surface area contributed by atoms with Crippen molar-refractivity contribution < 1.29 is 5.11 Å². The van der Waals surface area contributed by atoms with Gasteiger partial charge in [0.15, 0.2) is 0 Å². The fourth-order valence-corrected chi connectivity index (χ4v) is 4.74. The molecule has 0 aliphatic heterocycles.